The number of carbonyl (C=O) groups excluding carboxylic acids is 2. The third-order valence-electron chi connectivity index (χ3n) is 3.76. The smallest absolute Gasteiger partial charge is 0.307 e. The molecule has 27 heavy (non-hydrogen) atoms. The molecule has 0 atom stereocenters. The van der Waals surface area contributed by atoms with Gasteiger partial charge in [-0.1, -0.05) is 12.1 Å². The molecule has 8 heteroatoms. The van der Waals surface area contributed by atoms with E-state index in [0.717, 1.165) is 4.90 Å². The standard InChI is InChI=1S/C19H20N2O5S/c1-13-6-7-17(10-14(13)2)27-9-8-19(23)26-12-18(22)20-15-4-3-5-16(11-15)21(24)25/h3-7,10-11H,8-9,12H2,1-2H3,(H,20,22). The number of anilines is 1. The first-order valence-corrected chi connectivity index (χ1v) is 9.23. The van der Waals surface area contributed by atoms with Crippen molar-refractivity contribution in [2.75, 3.05) is 17.7 Å². The number of amides is 1. The van der Waals surface area contributed by atoms with Gasteiger partial charge in [0.1, 0.15) is 0 Å². The average Bonchev–Trinajstić information content (AvgIpc) is 2.63. The zero-order valence-corrected chi connectivity index (χ0v) is 15.9. The van der Waals surface area contributed by atoms with Crippen LogP contribution in [0.5, 0.6) is 0 Å². The monoisotopic (exact) mass is 388 g/mol. The minimum atomic E-state index is -0.553. The van der Waals surface area contributed by atoms with Crippen molar-refractivity contribution in [3.8, 4) is 0 Å². The quantitative estimate of drug-likeness (QED) is 0.319. The number of hydrogen-bond acceptors (Lipinski definition) is 6. The lowest BCUT2D eigenvalue weighted by Crippen LogP contribution is -2.21. The summed E-state index contributed by atoms with van der Waals surface area (Å²) in [4.78, 5) is 34.8. The summed E-state index contributed by atoms with van der Waals surface area (Å²) in [6.45, 7) is 3.64. The van der Waals surface area contributed by atoms with Crippen molar-refractivity contribution in [1.29, 1.82) is 0 Å². The molecule has 0 aliphatic rings. The second-order valence-corrected chi connectivity index (χ2v) is 7.03. The van der Waals surface area contributed by atoms with E-state index >= 15 is 0 Å². The largest absolute Gasteiger partial charge is 0.456 e. The second-order valence-electron chi connectivity index (χ2n) is 5.86. The molecule has 0 unspecified atom stereocenters. The fourth-order valence-corrected chi connectivity index (χ4v) is 3.10. The van der Waals surface area contributed by atoms with Crippen LogP contribution in [0.25, 0.3) is 0 Å². The maximum absolute atomic E-state index is 11.8. The minimum Gasteiger partial charge on any atom is -0.456 e. The lowest BCUT2D eigenvalue weighted by Gasteiger charge is -2.07. The van der Waals surface area contributed by atoms with E-state index in [4.69, 9.17) is 4.74 Å². The summed E-state index contributed by atoms with van der Waals surface area (Å²) in [7, 11) is 0. The van der Waals surface area contributed by atoms with Gasteiger partial charge in [0.15, 0.2) is 6.61 Å². The Kier molecular flexibility index (Phi) is 7.36. The molecule has 1 amide bonds. The van der Waals surface area contributed by atoms with Gasteiger partial charge in [-0.05, 0) is 43.2 Å². The molecule has 0 saturated heterocycles. The SMILES string of the molecule is Cc1ccc(SCCC(=O)OCC(=O)Nc2cccc([N+](=O)[O-])c2)cc1C. The van der Waals surface area contributed by atoms with E-state index in [1.54, 1.807) is 11.8 Å². The summed E-state index contributed by atoms with van der Waals surface area (Å²) in [6, 6.07) is 11.6. The Balaban J connectivity index is 1.71. The van der Waals surface area contributed by atoms with Crippen LogP contribution in [-0.4, -0.2) is 29.2 Å². The normalized spacial score (nSPS) is 10.3. The number of nitro benzene ring substituents is 1. The Morgan fingerprint density at radius 1 is 1.15 bits per heavy atom. The minimum absolute atomic E-state index is 0.131. The number of carbonyl (C=O) groups is 2. The van der Waals surface area contributed by atoms with Crippen LogP contribution >= 0.6 is 11.8 Å². The van der Waals surface area contributed by atoms with Gasteiger partial charge in [0.25, 0.3) is 11.6 Å². The Labute approximate surface area is 161 Å². The number of non-ortho nitro benzene ring substituents is 1. The number of nitrogens with one attached hydrogen (secondary N) is 1. The summed E-state index contributed by atoms with van der Waals surface area (Å²) < 4.78 is 4.94. The average molecular weight is 388 g/mol. The van der Waals surface area contributed by atoms with Crippen molar-refractivity contribution < 1.29 is 19.2 Å². The van der Waals surface area contributed by atoms with Crippen molar-refractivity contribution in [3.05, 3.63) is 63.7 Å². The summed E-state index contributed by atoms with van der Waals surface area (Å²) >= 11 is 1.55. The van der Waals surface area contributed by atoms with Gasteiger partial charge in [-0.25, -0.2) is 0 Å². The first-order chi connectivity index (χ1) is 12.8. The summed E-state index contributed by atoms with van der Waals surface area (Å²) in [6.07, 6.45) is 0.182. The molecule has 0 saturated carbocycles. The maximum atomic E-state index is 11.8. The highest BCUT2D eigenvalue weighted by atomic mass is 32.2. The number of nitro groups is 1. The predicted molar refractivity (Wildman–Crippen MR) is 104 cm³/mol. The Bertz CT molecular complexity index is 854. The number of benzene rings is 2. The second kappa shape index (κ2) is 9.72. The summed E-state index contributed by atoms with van der Waals surface area (Å²) in [5, 5.41) is 13.2. The number of aryl methyl sites for hydroxylation is 2. The first-order valence-electron chi connectivity index (χ1n) is 8.25. The van der Waals surface area contributed by atoms with E-state index in [1.807, 2.05) is 26.0 Å². The molecule has 0 heterocycles. The molecule has 2 aromatic carbocycles. The molecule has 0 aromatic heterocycles. The zero-order chi connectivity index (χ0) is 19.8. The maximum Gasteiger partial charge on any atom is 0.307 e. The van der Waals surface area contributed by atoms with Gasteiger partial charge in [-0.2, -0.15) is 0 Å². The number of rotatable bonds is 8. The highest BCUT2D eigenvalue weighted by molar-refractivity contribution is 7.99. The predicted octanol–water partition coefficient (Wildman–Crippen LogP) is 3.88. The van der Waals surface area contributed by atoms with Gasteiger partial charge in [-0.3, -0.25) is 19.7 Å². The molecule has 142 valence electrons. The van der Waals surface area contributed by atoms with Crippen LogP contribution in [0.2, 0.25) is 0 Å². The molecular weight excluding hydrogens is 368 g/mol. The number of esters is 1. The van der Waals surface area contributed by atoms with Gasteiger partial charge < -0.3 is 10.1 Å². The van der Waals surface area contributed by atoms with E-state index in [9.17, 15) is 19.7 Å². The fourth-order valence-electron chi connectivity index (χ4n) is 2.17. The summed E-state index contributed by atoms with van der Waals surface area (Å²) in [5.41, 5.74) is 2.55. The molecule has 2 aromatic rings. The highest BCUT2D eigenvalue weighted by Crippen LogP contribution is 2.22. The molecule has 2 rings (SSSR count). The lowest BCUT2D eigenvalue weighted by atomic mass is 10.1. The van der Waals surface area contributed by atoms with E-state index in [2.05, 4.69) is 11.4 Å². The third-order valence-corrected chi connectivity index (χ3v) is 4.75. The topological polar surface area (TPSA) is 98.5 Å². The molecule has 0 bridgehead atoms. The Morgan fingerprint density at radius 2 is 1.93 bits per heavy atom. The molecule has 0 fully saturated rings. The summed E-state index contributed by atoms with van der Waals surface area (Å²) in [5.74, 6) is -0.473. The number of hydrogen-bond donors (Lipinski definition) is 1. The van der Waals surface area contributed by atoms with E-state index in [0.29, 0.717) is 5.75 Å². The molecule has 0 radical (unpaired) electrons. The van der Waals surface area contributed by atoms with Crippen molar-refractivity contribution in [2.24, 2.45) is 0 Å². The number of nitrogens with zero attached hydrogens (tertiary/aromatic N) is 1. The molecular formula is C19H20N2O5S. The van der Waals surface area contributed by atoms with Crippen LogP contribution in [0.15, 0.2) is 47.4 Å². The van der Waals surface area contributed by atoms with Crippen molar-refractivity contribution in [2.45, 2.75) is 25.2 Å². The molecule has 1 N–H and O–H groups in total. The third kappa shape index (κ3) is 6.74. The van der Waals surface area contributed by atoms with E-state index < -0.39 is 23.4 Å². The lowest BCUT2D eigenvalue weighted by molar-refractivity contribution is -0.384. The van der Waals surface area contributed by atoms with Gasteiger partial charge >= 0.3 is 5.97 Å². The van der Waals surface area contributed by atoms with Gasteiger partial charge in [0.2, 0.25) is 0 Å². The highest BCUT2D eigenvalue weighted by Gasteiger charge is 2.11. The van der Waals surface area contributed by atoms with Gasteiger partial charge in [-0.15, -0.1) is 11.8 Å². The van der Waals surface area contributed by atoms with Crippen LogP contribution in [0, 0.1) is 24.0 Å². The van der Waals surface area contributed by atoms with Crippen LogP contribution in [-0.2, 0) is 14.3 Å². The Morgan fingerprint density at radius 3 is 2.63 bits per heavy atom. The van der Waals surface area contributed by atoms with E-state index in [-0.39, 0.29) is 17.8 Å². The molecule has 0 aliphatic heterocycles. The van der Waals surface area contributed by atoms with Gasteiger partial charge in [0, 0.05) is 28.5 Å². The molecule has 0 spiro atoms. The molecule has 0 aliphatic carbocycles. The fraction of sp³-hybridized carbons (Fsp3) is 0.263. The zero-order valence-electron chi connectivity index (χ0n) is 15.1. The van der Waals surface area contributed by atoms with Crippen molar-refractivity contribution in [3.63, 3.8) is 0 Å². The van der Waals surface area contributed by atoms with Crippen LogP contribution < -0.4 is 5.32 Å². The Hall–Kier alpha value is -2.87. The number of ether oxygens (including phenoxy) is 1. The number of thioether (sulfide) groups is 1. The molecule has 7 nitrogen and oxygen atoms in total. The van der Waals surface area contributed by atoms with Crippen molar-refractivity contribution in [1.82, 2.24) is 0 Å². The van der Waals surface area contributed by atoms with Crippen LogP contribution in [0.1, 0.15) is 17.5 Å². The van der Waals surface area contributed by atoms with Crippen LogP contribution in [0.4, 0.5) is 11.4 Å². The van der Waals surface area contributed by atoms with Gasteiger partial charge in [0.05, 0.1) is 11.3 Å². The first kappa shape index (κ1) is 20.4. The van der Waals surface area contributed by atoms with E-state index in [1.165, 1.54) is 35.4 Å². The van der Waals surface area contributed by atoms with Crippen molar-refractivity contribution >= 4 is 35.0 Å². The van der Waals surface area contributed by atoms with Crippen LogP contribution in [0.3, 0.4) is 0 Å².